The Morgan fingerprint density at radius 1 is 1.08 bits per heavy atom. The van der Waals surface area contributed by atoms with Gasteiger partial charge in [0.15, 0.2) is 18.2 Å². The number of ketones is 2. The molecule has 0 radical (unpaired) electrons. The summed E-state index contributed by atoms with van der Waals surface area (Å²) in [7, 11) is 0. The maximum atomic E-state index is 15.5. The number of rotatable bonds is 6. The topological polar surface area (TPSA) is 86.7 Å². The molecule has 0 aliphatic heterocycles. The molecule has 1 aromatic rings. The Morgan fingerprint density at radius 2 is 1.85 bits per heavy atom. The maximum Gasteiger partial charge on any atom is 0.344 e. The number of alkyl halides is 2. The van der Waals surface area contributed by atoms with Crippen LogP contribution in [-0.2, 0) is 23.9 Å². The first-order valence-electron chi connectivity index (χ1n) is 13.6. The van der Waals surface area contributed by atoms with Crippen LogP contribution < -0.4 is 0 Å². The van der Waals surface area contributed by atoms with E-state index in [1.54, 1.807) is 18.2 Å². The molecule has 5 rings (SSSR count). The largest absolute Gasteiger partial charge is 0.455 e. The summed E-state index contributed by atoms with van der Waals surface area (Å²) in [5, 5.41) is 0. The molecule has 3 saturated carbocycles. The van der Waals surface area contributed by atoms with Gasteiger partial charge in [0.05, 0.1) is 10.4 Å². The lowest BCUT2D eigenvalue weighted by molar-refractivity contribution is -0.153. The minimum absolute atomic E-state index is 0.0323. The Labute approximate surface area is 246 Å². The van der Waals surface area contributed by atoms with Crippen molar-refractivity contribution in [1.82, 2.24) is 0 Å². The third kappa shape index (κ3) is 4.87. The third-order valence-electron chi connectivity index (χ3n) is 10.2. The van der Waals surface area contributed by atoms with Crippen LogP contribution in [0.15, 0.2) is 35.9 Å². The van der Waals surface area contributed by atoms with Crippen LogP contribution in [0.25, 0.3) is 0 Å². The molecule has 39 heavy (non-hydrogen) atoms. The molecule has 1 aromatic carbocycles. The van der Waals surface area contributed by atoms with Crippen molar-refractivity contribution in [2.45, 2.75) is 69.8 Å². The highest BCUT2D eigenvalue weighted by molar-refractivity contribution is 14.1. The predicted octanol–water partition coefficient (Wildman–Crippen LogP) is 6.02. The summed E-state index contributed by atoms with van der Waals surface area (Å²) in [6, 6.07) is 6.80. The summed E-state index contributed by atoms with van der Waals surface area (Å²) in [6.45, 7) is 3.15. The zero-order valence-corrected chi connectivity index (χ0v) is 25.1. The van der Waals surface area contributed by atoms with E-state index in [-0.39, 0.29) is 47.8 Å². The number of benzene rings is 1. The monoisotopic (exact) mass is 670 g/mol. The van der Waals surface area contributed by atoms with Crippen LogP contribution in [-0.4, -0.2) is 47.8 Å². The number of Topliss-reactive ketones (excluding diaryl/α,β-unsaturated/α-hetero) is 1. The van der Waals surface area contributed by atoms with Crippen molar-refractivity contribution >= 4 is 57.7 Å². The molecule has 0 amide bonds. The van der Waals surface area contributed by atoms with Crippen LogP contribution >= 0.6 is 34.2 Å². The molecule has 0 aromatic heterocycles. The summed E-state index contributed by atoms with van der Waals surface area (Å²) < 4.78 is 26.7. The van der Waals surface area contributed by atoms with Crippen LogP contribution in [0, 0.1) is 32.2 Å². The van der Waals surface area contributed by atoms with Gasteiger partial charge in [-0.05, 0) is 108 Å². The van der Waals surface area contributed by atoms with Crippen LogP contribution in [0.1, 0.15) is 69.2 Å². The third-order valence-corrected chi connectivity index (χ3v) is 11.8. The molecule has 7 atom stereocenters. The summed E-state index contributed by atoms with van der Waals surface area (Å²) in [6.07, 6.45) is 4.22. The Hall–Kier alpha value is -1.81. The van der Waals surface area contributed by atoms with Gasteiger partial charge in [0, 0.05) is 21.3 Å². The van der Waals surface area contributed by atoms with Crippen molar-refractivity contribution in [3.63, 3.8) is 0 Å². The maximum absolute atomic E-state index is 15.5. The van der Waals surface area contributed by atoms with Crippen LogP contribution in [0.5, 0.6) is 0 Å². The molecule has 0 heterocycles. The molecular formula is C30H33ClFIO6. The van der Waals surface area contributed by atoms with Crippen LogP contribution in [0.4, 0.5) is 4.39 Å². The quantitative estimate of drug-likeness (QED) is 0.209. The molecule has 4 aliphatic rings. The SMILES string of the molecule is C[C@]12CC[C@@]3(Cl)[C@@H](C[C@H](F)C4=CC(=O)CC[C@@]43C)[C@@H]1CC[C@@H]2C(=O)COC(=O)COC(=O)c1cccc(I)c1. The van der Waals surface area contributed by atoms with Crippen molar-refractivity contribution in [2.75, 3.05) is 13.2 Å². The highest BCUT2D eigenvalue weighted by Gasteiger charge is 2.68. The summed E-state index contributed by atoms with van der Waals surface area (Å²) in [5.74, 6) is -1.97. The number of allylic oxidation sites excluding steroid dienone is 1. The van der Waals surface area contributed by atoms with Gasteiger partial charge in [-0.2, -0.15) is 0 Å². The predicted molar refractivity (Wildman–Crippen MR) is 151 cm³/mol. The van der Waals surface area contributed by atoms with Gasteiger partial charge in [0.2, 0.25) is 0 Å². The molecule has 9 heteroatoms. The van der Waals surface area contributed by atoms with E-state index in [0.717, 1.165) is 9.99 Å². The average Bonchev–Trinajstić information content (AvgIpc) is 3.25. The van der Waals surface area contributed by atoms with Crippen molar-refractivity contribution in [3.05, 3.63) is 45.0 Å². The number of halogens is 3. The number of carbonyl (C=O) groups excluding carboxylic acids is 4. The molecule has 0 unspecified atom stereocenters. The first kappa shape index (κ1) is 28.7. The zero-order chi connectivity index (χ0) is 28.2. The fourth-order valence-corrected chi connectivity index (χ4v) is 9.16. The lowest BCUT2D eigenvalue weighted by atomic mass is 9.46. The number of hydrogen-bond donors (Lipinski definition) is 0. The lowest BCUT2D eigenvalue weighted by Crippen LogP contribution is -2.62. The highest BCUT2D eigenvalue weighted by Crippen LogP contribution is 2.70. The van der Waals surface area contributed by atoms with Gasteiger partial charge in [-0.15, -0.1) is 11.6 Å². The lowest BCUT2D eigenvalue weighted by Gasteiger charge is -2.63. The van der Waals surface area contributed by atoms with E-state index in [4.69, 9.17) is 21.1 Å². The van der Waals surface area contributed by atoms with Gasteiger partial charge in [0.25, 0.3) is 0 Å². The van der Waals surface area contributed by atoms with Gasteiger partial charge in [-0.1, -0.05) is 19.9 Å². The van der Waals surface area contributed by atoms with E-state index in [9.17, 15) is 19.2 Å². The van der Waals surface area contributed by atoms with Crippen LogP contribution in [0.2, 0.25) is 0 Å². The van der Waals surface area contributed by atoms with Crippen molar-refractivity contribution in [2.24, 2.45) is 28.6 Å². The second-order valence-corrected chi connectivity index (χ2v) is 13.9. The molecule has 0 N–H and O–H groups in total. The van der Waals surface area contributed by atoms with Crippen molar-refractivity contribution < 1.29 is 33.0 Å². The highest BCUT2D eigenvalue weighted by atomic mass is 127. The molecule has 6 nitrogen and oxygen atoms in total. The van der Waals surface area contributed by atoms with E-state index >= 15 is 4.39 Å². The van der Waals surface area contributed by atoms with E-state index in [1.807, 2.05) is 13.0 Å². The fraction of sp³-hybridized carbons (Fsp3) is 0.600. The number of ether oxygens (including phenoxy) is 2. The van der Waals surface area contributed by atoms with Crippen LogP contribution in [0.3, 0.4) is 0 Å². The van der Waals surface area contributed by atoms with E-state index in [1.165, 1.54) is 6.08 Å². The number of esters is 2. The molecule has 3 fully saturated rings. The first-order chi connectivity index (χ1) is 18.4. The molecule has 0 bridgehead atoms. The van der Waals surface area contributed by atoms with Gasteiger partial charge < -0.3 is 9.47 Å². The summed E-state index contributed by atoms with van der Waals surface area (Å²) >= 11 is 9.54. The second-order valence-electron chi connectivity index (χ2n) is 12.0. The van der Waals surface area contributed by atoms with E-state index in [2.05, 4.69) is 29.5 Å². The number of carbonyl (C=O) groups is 4. The average molecular weight is 671 g/mol. The van der Waals surface area contributed by atoms with E-state index in [0.29, 0.717) is 43.2 Å². The first-order valence-corrected chi connectivity index (χ1v) is 15.0. The van der Waals surface area contributed by atoms with Gasteiger partial charge >= 0.3 is 11.9 Å². The molecule has 210 valence electrons. The Bertz CT molecular complexity index is 1250. The number of fused-ring (bicyclic) bond motifs is 5. The molecule has 0 saturated heterocycles. The number of hydrogen-bond acceptors (Lipinski definition) is 6. The molecule has 0 spiro atoms. The smallest absolute Gasteiger partial charge is 0.344 e. The minimum Gasteiger partial charge on any atom is -0.455 e. The van der Waals surface area contributed by atoms with E-state index < -0.39 is 35.0 Å². The molecule has 4 aliphatic carbocycles. The summed E-state index contributed by atoms with van der Waals surface area (Å²) in [4.78, 5) is 49.2. The second kappa shape index (κ2) is 10.5. The Kier molecular flexibility index (Phi) is 7.76. The molecular weight excluding hydrogens is 638 g/mol. The minimum atomic E-state index is -1.21. The van der Waals surface area contributed by atoms with Gasteiger partial charge in [-0.25, -0.2) is 14.0 Å². The Balaban J connectivity index is 1.22. The zero-order valence-electron chi connectivity index (χ0n) is 22.1. The fourth-order valence-electron chi connectivity index (χ4n) is 8.08. The van der Waals surface area contributed by atoms with Gasteiger partial charge in [0.1, 0.15) is 12.8 Å². The summed E-state index contributed by atoms with van der Waals surface area (Å²) in [5.41, 5.74) is -0.0727. The van der Waals surface area contributed by atoms with Crippen molar-refractivity contribution in [1.29, 1.82) is 0 Å². The Morgan fingerprint density at radius 3 is 2.59 bits per heavy atom. The standard InChI is InChI=1S/C30H33ClFIO6/c1-28-10-11-30(31)22(14-24(32)23-13-19(34)8-9-29(23,30)2)20(28)6-7-21(28)25(35)15-38-26(36)16-39-27(37)17-4-3-5-18(33)12-17/h3-5,12-13,20-22,24H,6-11,14-16H2,1-2H3/t20-,21+,22-,24-,28-,29-,30+/m0/s1. The van der Waals surface area contributed by atoms with Crippen molar-refractivity contribution in [3.8, 4) is 0 Å². The van der Waals surface area contributed by atoms with Gasteiger partial charge in [-0.3, -0.25) is 9.59 Å². The normalized spacial score (nSPS) is 37.2.